The summed E-state index contributed by atoms with van der Waals surface area (Å²) in [6, 6.07) is 2.45. The first-order valence-corrected chi connectivity index (χ1v) is 8.93. The summed E-state index contributed by atoms with van der Waals surface area (Å²) < 4.78 is 2.03. The lowest BCUT2D eigenvalue weighted by molar-refractivity contribution is -0.139. The number of fused-ring (bicyclic) bond motifs is 1. The molecule has 2 fully saturated rings. The standard InChI is InChI=1S/C18H25N5O/c1-21-9-8-15-16(21)19-12-20-17(15)23-10-6-14(7-11-23)22(2)18(24)13-4-3-5-13/h8-9,12-14H,3-7,10-11H2,1-2H3. The first-order valence-electron chi connectivity index (χ1n) is 8.93. The van der Waals surface area contributed by atoms with Crippen molar-refractivity contribution in [1.82, 2.24) is 19.4 Å². The first kappa shape index (κ1) is 15.4. The van der Waals surface area contributed by atoms with Crippen LogP contribution in [0.3, 0.4) is 0 Å². The smallest absolute Gasteiger partial charge is 0.225 e. The Kier molecular flexibility index (Phi) is 3.90. The lowest BCUT2D eigenvalue weighted by atomic mass is 9.84. The van der Waals surface area contributed by atoms with Gasteiger partial charge in [0.15, 0.2) is 0 Å². The number of nitrogens with zero attached hydrogens (tertiary/aromatic N) is 5. The van der Waals surface area contributed by atoms with Gasteiger partial charge in [-0.2, -0.15) is 0 Å². The fourth-order valence-corrected chi connectivity index (χ4v) is 3.90. The largest absolute Gasteiger partial charge is 0.356 e. The zero-order valence-electron chi connectivity index (χ0n) is 14.5. The molecule has 1 saturated heterocycles. The normalized spacial score (nSPS) is 19.5. The zero-order valence-corrected chi connectivity index (χ0v) is 14.5. The number of aromatic nitrogens is 3. The van der Waals surface area contributed by atoms with Gasteiger partial charge in [0.2, 0.25) is 5.91 Å². The van der Waals surface area contributed by atoms with Gasteiger partial charge in [0.25, 0.3) is 0 Å². The molecule has 24 heavy (non-hydrogen) atoms. The van der Waals surface area contributed by atoms with Gasteiger partial charge in [-0.1, -0.05) is 6.42 Å². The summed E-state index contributed by atoms with van der Waals surface area (Å²) in [7, 11) is 3.99. The highest BCUT2D eigenvalue weighted by Gasteiger charge is 2.32. The van der Waals surface area contributed by atoms with Gasteiger partial charge in [-0.15, -0.1) is 0 Å². The number of anilines is 1. The number of aryl methyl sites for hydroxylation is 1. The molecule has 2 aliphatic rings. The van der Waals surface area contributed by atoms with E-state index in [1.165, 1.54) is 6.42 Å². The van der Waals surface area contributed by atoms with E-state index in [-0.39, 0.29) is 0 Å². The second-order valence-electron chi connectivity index (χ2n) is 7.16. The molecule has 6 heteroatoms. The summed E-state index contributed by atoms with van der Waals surface area (Å²) >= 11 is 0. The van der Waals surface area contributed by atoms with Gasteiger partial charge in [-0.05, 0) is 31.7 Å². The maximum atomic E-state index is 12.4. The summed E-state index contributed by atoms with van der Waals surface area (Å²) in [5.74, 6) is 1.66. The van der Waals surface area contributed by atoms with Crippen LogP contribution in [0.2, 0.25) is 0 Å². The average molecular weight is 327 g/mol. The minimum atomic E-state index is 0.291. The number of carbonyl (C=O) groups is 1. The quantitative estimate of drug-likeness (QED) is 0.867. The van der Waals surface area contributed by atoms with Gasteiger partial charge in [-0.3, -0.25) is 4.79 Å². The van der Waals surface area contributed by atoms with Crippen LogP contribution in [-0.2, 0) is 11.8 Å². The number of piperidine rings is 1. The minimum Gasteiger partial charge on any atom is -0.356 e. The number of hydrogen-bond acceptors (Lipinski definition) is 4. The third-order valence-electron chi connectivity index (χ3n) is 5.75. The van der Waals surface area contributed by atoms with E-state index in [2.05, 4.69) is 20.9 Å². The molecule has 0 unspecified atom stereocenters. The van der Waals surface area contributed by atoms with Crippen molar-refractivity contribution in [2.75, 3.05) is 25.0 Å². The Morgan fingerprint density at radius 3 is 2.62 bits per heavy atom. The number of amides is 1. The molecule has 0 spiro atoms. The molecule has 1 aliphatic heterocycles. The Balaban J connectivity index is 1.44. The third-order valence-corrected chi connectivity index (χ3v) is 5.75. The molecule has 0 aromatic carbocycles. The summed E-state index contributed by atoms with van der Waals surface area (Å²) in [6.07, 6.45) is 9.06. The van der Waals surface area contributed by atoms with Crippen LogP contribution in [0.25, 0.3) is 11.0 Å². The number of carbonyl (C=O) groups excluding carboxylic acids is 1. The number of rotatable bonds is 3. The summed E-state index contributed by atoms with van der Waals surface area (Å²) in [6.45, 7) is 1.88. The highest BCUT2D eigenvalue weighted by atomic mass is 16.2. The second-order valence-corrected chi connectivity index (χ2v) is 7.16. The van der Waals surface area contributed by atoms with Crippen molar-refractivity contribution in [1.29, 1.82) is 0 Å². The van der Waals surface area contributed by atoms with Crippen molar-refractivity contribution in [2.45, 2.75) is 38.1 Å². The maximum Gasteiger partial charge on any atom is 0.225 e. The lowest BCUT2D eigenvalue weighted by Gasteiger charge is -2.39. The Hall–Kier alpha value is -2.11. The van der Waals surface area contributed by atoms with Crippen molar-refractivity contribution in [3.05, 3.63) is 18.6 Å². The van der Waals surface area contributed by atoms with E-state index in [9.17, 15) is 4.79 Å². The molecule has 1 amide bonds. The third kappa shape index (κ3) is 2.54. The van der Waals surface area contributed by atoms with Crippen molar-refractivity contribution >= 4 is 22.8 Å². The minimum absolute atomic E-state index is 0.291. The zero-order chi connectivity index (χ0) is 16.7. The van der Waals surface area contributed by atoms with Crippen LogP contribution in [0, 0.1) is 5.92 Å². The van der Waals surface area contributed by atoms with Crippen LogP contribution in [-0.4, -0.2) is 51.5 Å². The molecule has 0 N–H and O–H groups in total. The molecule has 0 radical (unpaired) electrons. The SMILES string of the molecule is CN(C(=O)C1CCC1)C1CCN(c2ncnc3c2ccn3C)CC1. The van der Waals surface area contributed by atoms with Crippen LogP contribution in [0.15, 0.2) is 18.6 Å². The topological polar surface area (TPSA) is 54.3 Å². The molecule has 3 heterocycles. The molecule has 0 bridgehead atoms. The maximum absolute atomic E-state index is 12.4. The first-order chi connectivity index (χ1) is 11.6. The van der Waals surface area contributed by atoms with Gasteiger partial charge in [0, 0.05) is 45.3 Å². The van der Waals surface area contributed by atoms with E-state index >= 15 is 0 Å². The molecule has 1 saturated carbocycles. The molecule has 4 rings (SSSR count). The Bertz CT molecular complexity index is 743. The van der Waals surface area contributed by atoms with Gasteiger partial charge < -0.3 is 14.4 Å². The molecule has 0 atom stereocenters. The molecule has 128 valence electrons. The van der Waals surface area contributed by atoms with Crippen LogP contribution >= 0.6 is 0 Å². The predicted molar refractivity (Wildman–Crippen MR) is 93.9 cm³/mol. The van der Waals surface area contributed by atoms with Crippen LogP contribution in [0.4, 0.5) is 5.82 Å². The fraction of sp³-hybridized carbons (Fsp3) is 0.611. The van der Waals surface area contributed by atoms with Gasteiger partial charge in [0.1, 0.15) is 17.8 Å². The van der Waals surface area contributed by atoms with Crippen molar-refractivity contribution in [3.8, 4) is 0 Å². The van der Waals surface area contributed by atoms with E-state index in [4.69, 9.17) is 0 Å². The van der Waals surface area contributed by atoms with Gasteiger partial charge in [-0.25, -0.2) is 9.97 Å². The van der Waals surface area contributed by atoms with Crippen LogP contribution in [0.1, 0.15) is 32.1 Å². The fourth-order valence-electron chi connectivity index (χ4n) is 3.90. The average Bonchev–Trinajstić information content (AvgIpc) is 2.94. The van der Waals surface area contributed by atoms with E-state index in [1.807, 2.05) is 29.8 Å². The predicted octanol–water partition coefficient (Wildman–Crippen LogP) is 2.20. The Morgan fingerprint density at radius 2 is 1.96 bits per heavy atom. The molecule has 2 aromatic rings. The molecular weight excluding hydrogens is 302 g/mol. The second kappa shape index (κ2) is 6.07. The molecular formula is C18H25N5O. The van der Waals surface area contributed by atoms with Crippen molar-refractivity contribution in [2.24, 2.45) is 13.0 Å². The molecule has 2 aromatic heterocycles. The van der Waals surface area contributed by atoms with E-state index in [0.29, 0.717) is 17.9 Å². The molecule has 6 nitrogen and oxygen atoms in total. The molecule has 1 aliphatic carbocycles. The van der Waals surface area contributed by atoms with Crippen LogP contribution < -0.4 is 4.90 Å². The van der Waals surface area contributed by atoms with Crippen LogP contribution in [0.5, 0.6) is 0 Å². The lowest BCUT2D eigenvalue weighted by Crippen LogP contribution is -2.48. The van der Waals surface area contributed by atoms with E-state index in [0.717, 1.165) is 55.6 Å². The van der Waals surface area contributed by atoms with Gasteiger partial charge >= 0.3 is 0 Å². The van der Waals surface area contributed by atoms with Crippen molar-refractivity contribution in [3.63, 3.8) is 0 Å². The van der Waals surface area contributed by atoms with E-state index in [1.54, 1.807) is 6.33 Å². The van der Waals surface area contributed by atoms with E-state index < -0.39 is 0 Å². The monoisotopic (exact) mass is 327 g/mol. The summed E-state index contributed by atoms with van der Waals surface area (Å²) in [4.78, 5) is 25.7. The highest BCUT2D eigenvalue weighted by molar-refractivity contribution is 5.87. The summed E-state index contributed by atoms with van der Waals surface area (Å²) in [5.41, 5.74) is 0.972. The number of hydrogen-bond donors (Lipinski definition) is 0. The summed E-state index contributed by atoms with van der Waals surface area (Å²) in [5, 5.41) is 1.11. The Labute approximate surface area is 142 Å². The van der Waals surface area contributed by atoms with Crippen molar-refractivity contribution < 1.29 is 4.79 Å². The Morgan fingerprint density at radius 1 is 1.21 bits per heavy atom. The highest BCUT2D eigenvalue weighted by Crippen LogP contribution is 2.31. The van der Waals surface area contributed by atoms with Gasteiger partial charge in [0.05, 0.1) is 5.39 Å².